The molecule has 35 heavy (non-hydrogen) atoms. The first-order valence-corrected chi connectivity index (χ1v) is 12.4. The van der Waals surface area contributed by atoms with Crippen molar-refractivity contribution >= 4 is 26.6 Å². The van der Waals surface area contributed by atoms with Gasteiger partial charge in [0.15, 0.2) is 14.9 Å². The van der Waals surface area contributed by atoms with E-state index in [0.717, 1.165) is 6.26 Å². The molecule has 1 aromatic carbocycles. The summed E-state index contributed by atoms with van der Waals surface area (Å²) in [4.78, 5) is 21.3. The normalized spacial score (nSPS) is 13.5. The predicted molar refractivity (Wildman–Crippen MR) is 124 cm³/mol. The van der Waals surface area contributed by atoms with Crippen LogP contribution in [0, 0.1) is 5.82 Å². The number of benzene rings is 1. The smallest absolute Gasteiger partial charge is 0.254 e. The molecule has 0 saturated carbocycles. The maximum Gasteiger partial charge on any atom is 0.254 e. The van der Waals surface area contributed by atoms with Gasteiger partial charge in [0.05, 0.1) is 47.9 Å². The SMILES string of the molecule is CS(=O)(=O)c1cc(C(C[C@H](O)CO)NC(=O)c2cncc3c2cnn3-c2ccc(F)cc2)ccn1. The van der Waals surface area contributed by atoms with Gasteiger partial charge in [-0.2, -0.15) is 5.10 Å². The molecule has 182 valence electrons. The van der Waals surface area contributed by atoms with E-state index in [4.69, 9.17) is 0 Å². The van der Waals surface area contributed by atoms with Gasteiger partial charge in [-0.05, 0) is 48.4 Å². The second-order valence-corrected chi connectivity index (χ2v) is 9.91. The molecule has 0 radical (unpaired) electrons. The summed E-state index contributed by atoms with van der Waals surface area (Å²) in [6.45, 7) is -0.544. The topological polar surface area (TPSA) is 147 Å². The molecule has 4 aromatic rings. The fraction of sp³-hybridized carbons (Fsp3) is 0.217. The number of sulfone groups is 1. The van der Waals surface area contributed by atoms with E-state index in [0.29, 0.717) is 22.2 Å². The maximum absolute atomic E-state index is 13.3. The molecule has 1 amide bonds. The average molecular weight is 500 g/mol. The highest BCUT2D eigenvalue weighted by atomic mass is 32.2. The van der Waals surface area contributed by atoms with Gasteiger partial charge < -0.3 is 15.5 Å². The molecule has 3 N–H and O–H groups in total. The van der Waals surface area contributed by atoms with E-state index < -0.39 is 40.3 Å². The number of halogens is 1. The largest absolute Gasteiger partial charge is 0.394 e. The van der Waals surface area contributed by atoms with Crippen LogP contribution in [0.4, 0.5) is 4.39 Å². The molecule has 0 spiro atoms. The van der Waals surface area contributed by atoms with Gasteiger partial charge in [0, 0.05) is 24.0 Å². The monoisotopic (exact) mass is 499 g/mol. The predicted octanol–water partition coefficient (Wildman–Crippen LogP) is 1.57. The molecule has 0 aliphatic carbocycles. The third kappa shape index (κ3) is 5.34. The molecule has 0 aliphatic rings. The molecule has 1 unspecified atom stereocenters. The molecular formula is C23H22FN5O5S. The van der Waals surface area contributed by atoms with Gasteiger partial charge in [0.2, 0.25) is 0 Å². The number of nitrogens with zero attached hydrogens (tertiary/aromatic N) is 4. The van der Waals surface area contributed by atoms with Gasteiger partial charge in [0.1, 0.15) is 5.82 Å². The van der Waals surface area contributed by atoms with E-state index in [1.165, 1.54) is 53.7 Å². The zero-order valence-electron chi connectivity index (χ0n) is 18.5. The Kier molecular flexibility index (Phi) is 6.87. The number of aromatic nitrogens is 4. The lowest BCUT2D eigenvalue weighted by Crippen LogP contribution is -2.32. The minimum atomic E-state index is -3.61. The van der Waals surface area contributed by atoms with Crippen molar-refractivity contribution < 1.29 is 27.8 Å². The Morgan fingerprint density at radius 3 is 2.60 bits per heavy atom. The minimum Gasteiger partial charge on any atom is -0.394 e. The van der Waals surface area contributed by atoms with Crippen molar-refractivity contribution in [3.63, 3.8) is 0 Å². The summed E-state index contributed by atoms with van der Waals surface area (Å²) < 4.78 is 38.7. The van der Waals surface area contributed by atoms with Crippen LogP contribution < -0.4 is 5.32 Å². The number of hydrogen-bond acceptors (Lipinski definition) is 8. The third-order valence-electron chi connectivity index (χ3n) is 5.38. The van der Waals surface area contributed by atoms with Gasteiger partial charge in [-0.25, -0.2) is 22.5 Å². The summed E-state index contributed by atoms with van der Waals surface area (Å²) in [5, 5.41) is 26.7. The van der Waals surface area contributed by atoms with Crippen molar-refractivity contribution in [1.82, 2.24) is 25.1 Å². The summed E-state index contributed by atoms with van der Waals surface area (Å²) in [7, 11) is -3.61. The molecule has 3 heterocycles. The lowest BCUT2D eigenvalue weighted by atomic mass is 10.0. The number of pyridine rings is 2. The zero-order chi connectivity index (χ0) is 25.2. The summed E-state index contributed by atoms with van der Waals surface area (Å²) >= 11 is 0. The number of nitrogens with one attached hydrogen (secondary N) is 1. The fourth-order valence-corrected chi connectivity index (χ4v) is 4.22. The van der Waals surface area contributed by atoms with E-state index >= 15 is 0 Å². The Labute approximate surface area is 200 Å². The first-order chi connectivity index (χ1) is 16.7. The van der Waals surface area contributed by atoms with Crippen LogP contribution in [-0.4, -0.2) is 63.3 Å². The lowest BCUT2D eigenvalue weighted by Gasteiger charge is -2.22. The van der Waals surface area contributed by atoms with Crippen molar-refractivity contribution in [2.45, 2.75) is 23.6 Å². The molecule has 10 nitrogen and oxygen atoms in total. The molecule has 4 rings (SSSR count). The quantitative estimate of drug-likeness (QED) is 0.331. The van der Waals surface area contributed by atoms with Crippen LogP contribution in [0.5, 0.6) is 0 Å². The lowest BCUT2D eigenvalue weighted by molar-refractivity contribution is 0.0740. The van der Waals surface area contributed by atoms with Crippen LogP contribution in [0.3, 0.4) is 0 Å². The first-order valence-electron chi connectivity index (χ1n) is 10.5. The summed E-state index contributed by atoms with van der Waals surface area (Å²) in [5.41, 5.74) is 1.68. The van der Waals surface area contributed by atoms with E-state index in [1.54, 1.807) is 12.1 Å². The van der Waals surface area contributed by atoms with Crippen molar-refractivity contribution in [2.75, 3.05) is 12.9 Å². The van der Waals surface area contributed by atoms with Crippen molar-refractivity contribution in [1.29, 1.82) is 0 Å². The van der Waals surface area contributed by atoms with E-state index in [1.807, 2.05) is 0 Å². The third-order valence-corrected chi connectivity index (χ3v) is 6.36. The van der Waals surface area contributed by atoms with Crippen LogP contribution in [0.25, 0.3) is 16.6 Å². The second kappa shape index (κ2) is 9.86. The number of fused-ring (bicyclic) bond motifs is 1. The number of rotatable bonds is 8. The average Bonchev–Trinajstić information content (AvgIpc) is 3.27. The molecule has 0 aliphatic heterocycles. The number of hydrogen-bond donors (Lipinski definition) is 3. The highest BCUT2D eigenvalue weighted by Crippen LogP contribution is 2.24. The second-order valence-electron chi connectivity index (χ2n) is 7.95. The van der Waals surface area contributed by atoms with Crippen LogP contribution >= 0.6 is 0 Å². The summed E-state index contributed by atoms with van der Waals surface area (Å²) in [6.07, 6.45) is 5.45. The Balaban J connectivity index is 1.69. The van der Waals surface area contributed by atoms with Crippen LogP contribution in [-0.2, 0) is 9.84 Å². The van der Waals surface area contributed by atoms with Crippen LogP contribution in [0.2, 0.25) is 0 Å². The summed E-state index contributed by atoms with van der Waals surface area (Å²) in [6, 6.07) is 7.68. The number of carbonyl (C=O) groups excluding carboxylic acids is 1. The van der Waals surface area contributed by atoms with Gasteiger partial charge in [-0.15, -0.1) is 0 Å². The van der Waals surface area contributed by atoms with E-state index in [9.17, 15) is 27.8 Å². The van der Waals surface area contributed by atoms with Crippen molar-refractivity contribution in [2.24, 2.45) is 0 Å². The zero-order valence-corrected chi connectivity index (χ0v) is 19.4. The molecule has 0 saturated heterocycles. The van der Waals surface area contributed by atoms with Gasteiger partial charge >= 0.3 is 0 Å². The van der Waals surface area contributed by atoms with E-state index in [2.05, 4.69) is 20.4 Å². The highest BCUT2D eigenvalue weighted by Gasteiger charge is 2.23. The fourth-order valence-electron chi connectivity index (χ4n) is 3.62. The van der Waals surface area contributed by atoms with Gasteiger partial charge in [-0.3, -0.25) is 9.78 Å². The Bertz CT molecular complexity index is 1470. The number of carbonyl (C=O) groups is 1. The van der Waals surface area contributed by atoms with Crippen molar-refractivity contribution in [3.8, 4) is 5.69 Å². The molecular weight excluding hydrogens is 477 g/mol. The standard InChI is InChI=1S/C23H22FN5O5S/c1-35(33,34)22-8-14(6-7-26-22)20(9-17(31)13-30)28-23(32)19-10-25-12-21-18(19)11-27-29(21)16-4-2-15(24)3-5-16/h2-8,10-12,17,20,30-31H,9,13H2,1H3,(H,28,32)/t17-,20?/m0/s1. The molecule has 3 aromatic heterocycles. The highest BCUT2D eigenvalue weighted by molar-refractivity contribution is 7.90. The molecule has 2 atom stereocenters. The van der Waals surface area contributed by atoms with Crippen molar-refractivity contribution in [3.05, 3.63) is 78.1 Å². The number of aliphatic hydroxyl groups is 2. The van der Waals surface area contributed by atoms with Crippen LogP contribution in [0.1, 0.15) is 28.4 Å². The molecule has 0 bridgehead atoms. The Morgan fingerprint density at radius 2 is 1.91 bits per heavy atom. The molecule has 0 fully saturated rings. The Hall–Kier alpha value is -3.74. The number of aliphatic hydroxyl groups excluding tert-OH is 2. The first kappa shape index (κ1) is 24.4. The maximum atomic E-state index is 13.3. The Morgan fingerprint density at radius 1 is 1.17 bits per heavy atom. The van der Waals surface area contributed by atoms with Gasteiger partial charge in [-0.1, -0.05) is 0 Å². The summed E-state index contributed by atoms with van der Waals surface area (Å²) in [5.74, 6) is -0.940. The van der Waals surface area contributed by atoms with Crippen LogP contribution in [0.15, 0.2) is 66.2 Å². The molecule has 12 heteroatoms. The number of amides is 1. The van der Waals surface area contributed by atoms with E-state index in [-0.39, 0.29) is 17.0 Å². The minimum absolute atomic E-state index is 0.0757. The van der Waals surface area contributed by atoms with Gasteiger partial charge in [0.25, 0.3) is 5.91 Å².